The first kappa shape index (κ1) is 36.9. The number of esters is 2. The van der Waals surface area contributed by atoms with Crippen LogP contribution >= 0.6 is 0 Å². The summed E-state index contributed by atoms with van der Waals surface area (Å²) in [5.74, 6) is -0.192. The highest BCUT2D eigenvalue weighted by Gasteiger charge is 2.96. The third kappa shape index (κ3) is 2.08. The van der Waals surface area contributed by atoms with Crippen molar-refractivity contribution in [2.45, 2.75) is 71.0 Å². The van der Waals surface area contributed by atoms with Crippen LogP contribution in [0.2, 0.25) is 0 Å². The van der Waals surface area contributed by atoms with E-state index < -0.39 is 21.7 Å². The molecule has 10 aliphatic carbocycles. The van der Waals surface area contributed by atoms with Crippen LogP contribution in [0.25, 0.3) is 259 Å². The maximum Gasteiger partial charge on any atom is 0.305 e. The largest absolute Gasteiger partial charge is 0.469 e. The predicted molar refractivity (Wildman–Crippen MR) is 355 cm³/mol. The minimum atomic E-state index is -0.408. The molecule has 0 aliphatic heterocycles. The zero-order chi connectivity index (χ0) is 54.4. The average Bonchev–Trinajstić information content (AvgIpc) is 1.36. The molecule has 4 spiro atoms. The molecule has 0 amide bonds. The lowest BCUT2D eigenvalue weighted by Crippen LogP contribution is -2.27. The second-order valence-electron chi connectivity index (χ2n) is 31.4. The highest BCUT2D eigenvalue weighted by atomic mass is 16.5. The fourth-order valence-electron chi connectivity index (χ4n) is 31.5. The van der Waals surface area contributed by atoms with E-state index >= 15 is 0 Å². The van der Waals surface area contributed by atoms with Crippen LogP contribution in [0.15, 0.2) is 60.7 Å². The van der Waals surface area contributed by atoms with Crippen LogP contribution in [0, 0.1) is 0 Å². The topological polar surface area (TPSA) is 52.6 Å². The molecule has 0 aromatic heterocycles. The van der Waals surface area contributed by atoms with E-state index in [1.165, 1.54) is 11.1 Å². The van der Waals surface area contributed by atoms with Gasteiger partial charge in [-0.1, -0.05) is 60.7 Å². The van der Waals surface area contributed by atoms with E-state index in [1.807, 2.05) is 0 Å². The summed E-state index contributed by atoms with van der Waals surface area (Å²) in [6, 6.07) is 24.2. The lowest BCUT2D eigenvalue weighted by atomic mass is 9.67. The van der Waals surface area contributed by atoms with Crippen molar-refractivity contribution < 1.29 is 19.1 Å². The van der Waals surface area contributed by atoms with E-state index in [-0.39, 0.29) is 22.8 Å². The third-order valence-corrected chi connectivity index (χ3v) is 31.4. The van der Waals surface area contributed by atoms with Gasteiger partial charge in [0.15, 0.2) is 0 Å². The molecule has 0 bridgehead atoms. The van der Waals surface area contributed by atoms with Gasteiger partial charge in [-0.15, -0.1) is 0 Å². The fraction of sp³-hybridized carbons (Fsp3) is 0.167. The molecular formula is C84H28O4. The molecule has 2 fully saturated rings. The third-order valence-electron chi connectivity index (χ3n) is 31.4. The SMILES string of the molecule is COC(=O)CCCC1(c2ccccc2)C23c4c5c6c7c8c9c(c%10c%11c2c2c4c4c%12c5c5c6c6c8c8c%13c%14c%15c%16c%17c%18c%19c%20c%21c%22c%23c(c%14c%14c%24c%23c%23c%22c%22c%20c(c2c%22c%11c%23c%10c%24c9c%148)c4c%19c%12c%17c5c%16c%136)C%152C(CCCC(=O)OC)(c4ccccc4)C%18%212)C713. The molecule has 0 heterocycles. The Morgan fingerprint density at radius 3 is 0.568 bits per heavy atom. The Morgan fingerprint density at radius 2 is 0.409 bits per heavy atom. The number of carbonyl (C=O) groups is 2. The molecule has 88 heavy (non-hydrogen) atoms. The van der Waals surface area contributed by atoms with E-state index in [9.17, 15) is 9.59 Å². The molecular weight excluding hydrogens is 1070 g/mol. The maximum atomic E-state index is 13.9. The Labute approximate surface area is 488 Å². The van der Waals surface area contributed by atoms with Crippen LogP contribution in [0.1, 0.15) is 94.2 Å². The lowest BCUT2D eigenvalue weighted by molar-refractivity contribution is -0.141. The summed E-state index contributed by atoms with van der Waals surface area (Å²) in [5.41, 5.74) is 14.0. The normalized spacial score (nSPS) is 27.4. The first-order chi connectivity index (χ1) is 43.6. The van der Waals surface area contributed by atoms with Gasteiger partial charge in [0.05, 0.1) is 14.2 Å². The standard InChI is InChI=1S/C84H28O4/c1-87-21(85)15-9-17-79(19-11-5-3-6-12-19)81-71-55-39-23-25-43-31-27(39)47-35-37-49-29-33-45-26-24-41(29)57(73(81)65(49)63(47)71)58-42(24)30-34-46(26)62-61(45)77-69(53(33)37)67(51(31)35)75-59(43)60-44(25)32-28-40(23)56(55)72-64-48(28)36-38(50(30)66(64)74(58)82(72,79)81)54(34)70-68(52(32)36)76(60)84(78(62)70)80(83(75,77)84,18-10-16-22(86)88-2)20-13-7-4-8-14-20/h3-8,11-14H,9-10,15-18H2,1-2H3. The Hall–Kier alpha value is -9.90. The van der Waals surface area contributed by atoms with Gasteiger partial charge in [-0.05, 0) is 340 Å². The number of hydrogen-bond acceptors (Lipinski definition) is 4. The molecule has 4 heteroatoms. The maximum absolute atomic E-state index is 13.9. The van der Waals surface area contributed by atoms with Crippen molar-refractivity contribution >= 4 is 270 Å². The van der Waals surface area contributed by atoms with Crippen molar-refractivity contribution in [3.05, 3.63) is 116 Å². The molecule has 0 radical (unpaired) electrons. The smallest absolute Gasteiger partial charge is 0.305 e. The van der Waals surface area contributed by atoms with Crippen molar-refractivity contribution in [1.82, 2.24) is 0 Å². The Morgan fingerprint density at radius 1 is 0.250 bits per heavy atom. The zero-order valence-corrected chi connectivity index (χ0v) is 46.6. The van der Waals surface area contributed by atoms with Crippen molar-refractivity contribution in [1.29, 1.82) is 0 Å². The number of benzene rings is 18. The lowest BCUT2D eigenvalue weighted by Gasteiger charge is -2.33. The van der Waals surface area contributed by atoms with E-state index in [2.05, 4.69) is 60.7 Å². The number of ether oxygens (including phenoxy) is 2. The molecule has 26 aromatic carbocycles. The number of methoxy groups -OCH3 is 2. The van der Waals surface area contributed by atoms with Crippen molar-refractivity contribution in [3.8, 4) is 0 Å². The second-order valence-corrected chi connectivity index (χ2v) is 31.4. The highest BCUT2D eigenvalue weighted by molar-refractivity contribution is 6.78. The van der Waals surface area contributed by atoms with Crippen LogP contribution in [0.4, 0.5) is 0 Å². The average molecular weight is 1100 g/mol. The molecule has 4 nitrogen and oxygen atoms in total. The first-order valence-electron chi connectivity index (χ1n) is 32.9. The minimum Gasteiger partial charge on any atom is -0.469 e. The number of carbonyl (C=O) groups excluding carboxylic acids is 2. The summed E-state index contributed by atoms with van der Waals surface area (Å²) in [5, 5.41) is 77.1. The molecule has 2 saturated carbocycles. The summed E-state index contributed by atoms with van der Waals surface area (Å²) in [4.78, 5) is 27.7. The molecule has 0 unspecified atom stereocenters. The Bertz CT molecular complexity index is 7030. The van der Waals surface area contributed by atoms with Gasteiger partial charge in [0.1, 0.15) is 0 Å². The molecule has 26 aromatic rings. The molecule has 36 rings (SSSR count). The van der Waals surface area contributed by atoms with Crippen molar-refractivity contribution in [2.24, 2.45) is 0 Å². The quantitative estimate of drug-likeness (QED) is 0.101. The number of rotatable bonds is 10. The zero-order valence-electron chi connectivity index (χ0n) is 46.6. The van der Waals surface area contributed by atoms with Gasteiger partial charge in [-0.3, -0.25) is 9.59 Å². The van der Waals surface area contributed by atoms with Crippen LogP contribution in [0.5, 0.6) is 0 Å². The summed E-state index contributed by atoms with van der Waals surface area (Å²) in [6.07, 6.45) is 4.17. The van der Waals surface area contributed by atoms with Crippen LogP contribution < -0.4 is 0 Å². The van der Waals surface area contributed by atoms with E-state index in [0.29, 0.717) is 12.8 Å². The van der Waals surface area contributed by atoms with Gasteiger partial charge in [0, 0.05) is 45.3 Å². The van der Waals surface area contributed by atoms with Gasteiger partial charge >= 0.3 is 11.9 Å². The molecule has 0 saturated heterocycles. The highest BCUT2D eigenvalue weighted by Crippen LogP contribution is 3.00. The van der Waals surface area contributed by atoms with Gasteiger partial charge in [0.2, 0.25) is 0 Å². The summed E-state index contributed by atoms with van der Waals surface area (Å²) < 4.78 is 11.2. The van der Waals surface area contributed by atoms with Gasteiger partial charge in [-0.25, -0.2) is 0 Å². The van der Waals surface area contributed by atoms with Crippen LogP contribution in [0.3, 0.4) is 0 Å². The summed E-state index contributed by atoms with van der Waals surface area (Å²) in [6.45, 7) is 0. The van der Waals surface area contributed by atoms with E-state index in [0.717, 1.165) is 25.7 Å². The Balaban J connectivity index is 0.982. The van der Waals surface area contributed by atoms with E-state index in [1.54, 1.807) is 317 Å². The predicted octanol–water partition coefficient (Wildman–Crippen LogP) is 19.4. The molecule has 0 atom stereocenters. The van der Waals surface area contributed by atoms with Crippen molar-refractivity contribution in [2.75, 3.05) is 14.2 Å². The van der Waals surface area contributed by atoms with Crippen LogP contribution in [-0.2, 0) is 51.6 Å². The summed E-state index contributed by atoms with van der Waals surface area (Å²) in [7, 11) is 3.19. The molecule has 10 aliphatic rings. The van der Waals surface area contributed by atoms with Crippen molar-refractivity contribution in [3.63, 3.8) is 0 Å². The number of hydrogen-bond donors (Lipinski definition) is 0. The Kier molecular flexibility index (Phi) is 3.73. The van der Waals surface area contributed by atoms with Gasteiger partial charge in [0.25, 0.3) is 0 Å². The summed E-state index contributed by atoms with van der Waals surface area (Å²) >= 11 is 0. The fourth-order valence-corrected chi connectivity index (χ4v) is 31.5. The van der Waals surface area contributed by atoms with Crippen LogP contribution in [-0.4, -0.2) is 26.2 Å². The van der Waals surface area contributed by atoms with Gasteiger partial charge < -0.3 is 9.47 Å². The molecule has 388 valence electrons. The monoisotopic (exact) mass is 1100 g/mol. The van der Waals surface area contributed by atoms with Gasteiger partial charge in [-0.2, -0.15) is 0 Å². The minimum absolute atomic E-state index is 0.0959. The first-order valence-corrected chi connectivity index (χ1v) is 32.9. The second kappa shape index (κ2) is 8.89. The molecule has 0 N–H and O–H groups in total. The van der Waals surface area contributed by atoms with E-state index in [4.69, 9.17) is 9.47 Å².